The number of ether oxygens (including phenoxy) is 3. The smallest absolute Gasteiger partial charge is 0.251 e. The van der Waals surface area contributed by atoms with E-state index >= 15 is 0 Å². The Morgan fingerprint density at radius 3 is 2.57 bits per heavy atom. The number of benzene rings is 3. The first-order valence-electron chi connectivity index (χ1n) is 8.89. The van der Waals surface area contributed by atoms with Crippen molar-refractivity contribution in [2.75, 3.05) is 24.5 Å². The van der Waals surface area contributed by atoms with Gasteiger partial charge in [0.15, 0.2) is 11.5 Å². The Labute approximate surface area is 163 Å². The van der Waals surface area contributed by atoms with E-state index in [0.29, 0.717) is 22.9 Å². The lowest BCUT2D eigenvalue weighted by Gasteiger charge is -2.20. The van der Waals surface area contributed by atoms with Gasteiger partial charge in [0.2, 0.25) is 6.79 Å². The molecule has 1 aliphatic heterocycles. The summed E-state index contributed by atoms with van der Waals surface area (Å²) in [6.07, 6.45) is 0. The topological polar surface area (TPSA) is 68.8 Å². The van der Waals surface area contributed by atoms with Crippen LogP contribution in [0.5, 0.6) is 17.2 Å². The predicted molar refractivity (Wildman–Crippen MR) is 107 cm³/mol. The number of carbonyl (C=O) groups is 1. The molecule has 142 valence electrons. The first-order chi connectivity index (χ1) is 13.7. The van der Waals surface area contributed by atoms with Crippen LogP contribution in [0.4, 0.5) is 11.4 Å². The van der Waals surface area contributed by atoms with Crippen LogP contribution < -0.4 is 24.8 Å². The Balaban J connectivity index is 1.59. The maximum atomic E-state index is 13.1. The average Bonchev–Trinajstić information content (AvgIpc) is 3.20. The molecule has 4 rings (SSSR count). The highest BCUT2D eigenvalue weighted by molar-refractivity contribution is 5.97. The zero-order valence-corrected chi connectivity index (χ0v) is 15.3. The number of hydrogen-bond donors (Lipinski definition) is 2. The first-order valence-corrected chi connectivity index (χ1v) is 8.89. The molecule has 1 aliphatic rings. The molecular formula is C22H20N2O4. The number of hydrogen-bond acceptors (Lipinski definition) is 5. The van der Waals surface area contributed by atoms with E-state index in [1.807, 2.05) is 66.7 Å². The third-order valence-electron chi connectivity index (χ3n) is 4.42. The predicted octanol–water partition coefficient (Wildman–Crippen LogP) is 4.22. The normalized spacial score (nSPS) is 12.9. The molecule has 0 saturated heterocycles. The van der Waals surface area contributed by atoms with E-state index < -0.39 is 6.04 Å². The van der Waals surface area contributed by atoms with E-state index in [9.17, 15) is 4.79 Å². The van der Waals surface area contributed by atoms with Crippen molar-refractivity contribution in [3.63, 3.8) is 0 Å². The lowest BCUT2D eigenvalue weighted by atomic mass is 10.1. The van der Waals surface area contributed by atoms with Crippen molar-refractivity contribution in [1.29, 1.82) is 0 Å². The van der Waals surface area contributed by atoms with Crippen LogP contribution in [0, 0.1) is 0 Å². The summed E-state index contributed by atoms with van der Waals surface area (Å²) in [5, 5.41) is 6.25. The highest BCUT2D eigenvalue weighted by Crippen LogP contribution is 2.35. The first kappa shape index (κ1) is 17.7. The van der Waals surface area contributed by atoms with Crippen molar-refractivity contribution in [2.24, 2.45) is 0 Å². The second kappa shape index (κ2) is 7.92. The molecule has 1 amide bonds. The van der Waals surface area contributed by atoms with Crippen molar-refractivity contribution < 1.29 is 19.0 Å². The monoisotopic (exact) mass is 376 g/mol. The van der Waals surface area contributed by atoms with Gasteiger partial charge in [-0.2, -0.15) is 0 Å². The Kier molecular flexibility index (Phi) is 5.01. The summed E-state index contributed by atoms with van der Waals surface area (Å²) >= 11 is 0. The number of anilines is 2. The summed E-state index contributed by atoms with van der Waals surface area (Å²) < 4.78 is 16.0. The molecule has 0 spiro atoms. The van der Waals surface area contributed by atoms with Crippen molar-refractivity contribution >= 4 is 17.3 Å². The molecule has 2 N–H and O–H groups in total. The molecule has 0 aliphatic carbocycles. The summed E-state index contributed by atoms with van der Waals surface area (Å²) in [4.78, 5) is 13.1. The molecule has 0 unspecified atom stereocenters. The van der Waals surface area contributed by atoms with Crippen LogP contribution in [0.2, 0.25) is 0 Å². The van der Waals surface area contributed by atoms with E-state index in [-0.39, 0.29) is 12.7 Å². The van der Waals surface area contributed by atoms with Crippen LogP contribution in [-0.4, -0.2) is 19.8 Å². The third kappa shape index (κ3) is 3.86. The number of fused-ring (bicyclic) bond motifs is 1. The van der Waals surface area contributed by atoms with Crippen molar-refractivity contribution in [3.8, 4) is 17.2 Å². The van der Waals surface area contributed by atoms with Gasteiger partial charge in [-0.25, -0.2) is 0 Å². The van der Waals surface area contributed by atoms with E-state index in [4.69, 9.17) is 14.2 Å². The highest BCUT2D eigenvalue weighted by atomic mass is 16.7. The van der Waals surface area contributed by atoms with Gasteiger partial charge in [-0.15, -0.1) is 0 Å². The lowest BCUT2D eigenvalue weighted by molar-refractivity contribution is -0.117. The quantitative estimate of drug-likeness (QED) is 0.674. The molecule has 1 atom stereocenters. The van der Waals surface area contributed by atoms with Gasteiger partial charge in [0.05, 0.1) is 7.11 Å². The van der Waals surface area contributed by atoms with Crippen LogP contribution >= 0.6 is 0 Å². The van der Waals surface area contributed by atoms with Gasteiger partial charge in [-0.1, -0.05) is 36.4 Å². The van der Waals surface area contributed by atoms with Gasteiger partial charge in [0, 0.05) is 23.5 Å². The minimum Gasteiger partial charge on any atom is -0.497 e. The SMILES string of the molecule is COc1cccc(NC(=O)[C@H](Nc2ccc3c(c2)OCO3)c2ccccc2)c1. The zero-order valence-electron chi connectivity index (χ0n) is 15.3. The maximum absolute atomic E-state index is 13.1. The number of amides is 1. The van der Waals surface area contributed by atoms with Crippen molar-refractivity contribution in [1.82, 2.24) is 0 Å². The average molecular weight is 376 g/mol. The fraction of sp³-hybridized carbons (Fsp3) is 0.136. The van der Waals surface area contributed by atoms with E-state index in [1.54, 1.807) is 13.2 Å². The van der Waals surface area contributed by atoms with Gasteiger partial charge in [-0.3, -0.25) is 4.79 Å². The minimum absolute atomic E-state index is 0.183. The number of nitrogens with one attached hydrogen (secondary N) is 2. The largest absolute Gasteiger partial charge is 0.497 e. The fourth-order valence-corrected chi connectivity index (χ4v) is 3.01. The highest BCUT2D eigenvalue weighted by Gasteiger charge is 2.22. The van der Waals surface area contributed by atoms with E-state index in [0.717, 1.165) is 11.3 Å². The van der Waals surface area contributed by atoms with Crippen LogP contribution in [0.3, 0.4) is 0 Å². The number of rotatable bonds is 6. The van der Waals surface area contributed by atoms with E-state index in [2.05, 4.69) is 10.6 Å². The summed E-state index contributed by atoms with van der Waals surface area (Å²) in [5.74, 6) is 1.85. The molecule has 0 aromatic heterocycles. The third-order valence-corrected chi connectivity index (χ3v) is 4.42. The molecule has 1 heterocycles. The molecule has 6 nitrogen and oxygen atoms in total. The summed E-state index contributed by atoms with van der Waals surface area (Å²) in [6, 6.07) is 21.7. The number of carbonyl (C=O) groups excluding carboxylic acids is 1. The molecule has 0 radical (unpaired) electrons. The van der Waals surface area contributed by atoms with Gasteiger partial charge >= 0.3 is 0 Å². The van der Waals surface area contributed by atoms with Gasteiger partial charge in [0.1, 0.15) is 11.8 Å². The molecule has 3 aromatic carbocycles. The zero-order chi connectivity index (χ0) is 19.3. The molecular weight excluding hydrogens is 356 g/mol. The Bertz CT molecular complexity index is 975. The molecule has 0 fully saturated rings. The van der Waals surface area contributed by atoms with Crippen LogP contribution in [0.25, 0.3) is 0 Å². The summed E-state index contributed by atoms with van der Waals surface area (Å²) in [5.41, 5.74) is 2.28. The van der Waals surface area contributed by atoms with Crippen LogP contribution in [0.1, 0.15) is 11.6 Å². The molecule has 0 saturated carbocycles. The fourth-order valence-electron chi connectivity index (χ4n) is 3.01. The molecule has 6 heteroatoms. The van der Waals surface area contributed by atoms with Crippen molar-refractivity contribution in [2.45, 2.75) is 6.04 Å². The molecule has 28 heavy (non-hydrogen) atoms. The molecule has 0 bridgehead atoms. The molecule has 3 aromatic rings. The Morgan fingerprint density at radius 2 is 1.75 bits per heavy atom. The minimum atomic E-state index is -0.590. The summed E-state index contributed by atoms with van der Waals surface area (Å²) in [6.45, 7) is 0.206. The van der Waals surface area contributed by atoms with E-state index in [1.165, 1.54) is 0 Å². The standard InChI is InChI=1S/C22H20N2O4/c1-26-18-9-5-8-16(12-18)24-22(25)21(15-6-3-2-4-7-15)23-17-10-11-19-20(13-17)28-14-27-19/h2-13,21,23H,14H2,1H3,(H,24,25)/t21-/m1/s1. The van der Waals surface area contributed by atoms with Crippen LogP contribution in [0.15, 0.2) is 72.8 Å². The van der Waals surface area contributed by atoms with Gasteiger partial charge in [-0.05, 0) is 29.8 Å². The van der Waals surface area contributed by atoms with Crippen LogP contribution in [-0.2, 0) is 4.79 Å². The summed E-state index contributed by atoms with van der Waals surface area (Å²) in [7, 11) is 1.59. The Hall–Kier alpha value is -3.67. The van der Waals surface area contributed by atoms with Gasteiger partial charge < -0.3 is 24.8 Å². The maximum Gasteiger partial charge on any atom is 0.251 e. The second-order valence-electron chi connectivity index (χ2n) is 6.28. The lowest BCUT2D eigenvalue weighted by Crippen LogP contribution is -2.27. The second-order valence-corrected chi connectivity index (χ2v) is 6.28. The van der Waals surface area contributed by atoms with Gasteiger partial charge in [0.25, 0.3) is 5.91 Å². The van der Waals surface area contributed by atoms with Crippen molar-refractivity contribution in [3.05, 3.63) is 78.4 Å². The Morgan fingerprint density at radius 1 is 0.929 bits per heavy atom. The number of methoxy groups -OCH3 is 1.